The molecule has 2 aliphatic rings. The maximum absolute atomic E-state index is 5.92. The van der Waals surface area contributed by atoms with Crippen molar-refractivity contribution >= 4 is 5.96 Å². The number of rotatable bonds is 6. The molecular formula is C19H30N4O2. The number of morpholine rings is 1. The van der Waals surface area contributed by atoms with Crippen molar-refractivity contribution in [1.82, 2.24) is 15.5 Å². The summed E-state index contributed by atoms with van der Waals surface area (Å²) in [4.78, 5) is 7.27. The summed E-state index contributed by atoms with van der Waals surface area (Å²) in [5.41, 5.74) is 0. The lowest BCUT2D eigenvalue weighted by atomic mass is 10.1. The van der Waals surface area contributed by atoms with E-state index in [2.05, 4.69) is 40.7 Å². The minimum Gasteiger partial charge on any atom is -0.465 e. The number of hydrogen-bond donors (Lipinski definition) is 2. The van der Waals surface area contributed by atoms with E-state index in [0.29, 0.717) is 12.6 Å². The summed E-state index contributed by atoms with van der Waals surface area (Å²) in [6, 6.07) is 4.70. The van der Waals surface area contributed by atoms with E-state index in [9.17, 15) is 0 Å². The lowest BCUT2D eigenvalue weighted by Crippen LogP contribution is -2.44. The molecule has 1 aliphatic carbocycles. The molecule has 1 aliphatic heterocycles. The second-order valence-corrected chi connectivity index (χ2v) is 6.62. The Morgan fingerprint density at radius 1 is 1.28 bits per heavy atom. The predicted molar refractivity (Wildman–Crippen MR) is 99.9 cm³/mol. The Morgan fingerprint density at radius 2 is 2.04 bits per heavy atom. The average Bonchev–Trinajstić information content (AvgIpc) is 3.28. The molecule has 0 spiro atoms. The van der Waals surface area contributed by atoms with Gasteiger partial charge in [-0.3, -0.25) is 9.89 Å². The van der Waals surface area contributed by atoms with Gasteiger partial charge in [0.05, 0.1) is 25.8 Å². The fourth-order valence-electron chi connectivity index (χ4n) is 3.33. The van der Waals surface area contributed by atoms with Crippen LogP contribution in [0.3, 0.4) is 0 Å². The Bertz CT molecular complexity index is 582. The minimum atomic E-state index is 0.148. The molecule has 25 heavy (non-hydrogen) atoms. The molecule has 1 unspecified atom stereocenters. The predicted octanol–water partition coefficient (Wildman–Crippen LogP) is 2.24. The summed E-state index contributed by atoms with van der Waals surface area (Å²) in [5.74, 6) is 2.82. The van der Waals surface area contributed by atoms with E-state index in [4.69, 9.17) is 14.1 Å². The van der Waals surface area contributed by atoms with E-state index in [0.717, 1.165) is 63.2 Å². The molecular weight excluding hydrogens is 316 g/mol. The van der Waals surface area contributed by atoms with Gasteiger partial charge in [0.2, 0.25) is 0 Å². The van der Waals surface area contributed by atoms with Gasteiger partial charge in [-0.05, 0) is 38.8 Å². The number of aliphatic imine (C=N–C) groups is 1. The molecule has 138 valence electrons. The fourth-order valence-corrected chi connectivity index (χ4v) is 3.33. The standard InChI is InChI=1S/C19H30N4O2/c1-3-20-19(22-16-6-4-5-7-16)21-14-17(18-9-8-15(2)25-18)23-10-12-24-13-11-23/h4-5,8-9,16-17H,3,6-7,10-14H2,1-2H3,(H2,20,21,22). The van der Waals surface area contributed by atoms with Crippen molar-refractivity contribution in [2.75, 3.05) is 39.4 Å². The molecule has 6 nitrogen and oxygen atoms in total. The highest BCUT2D eigenvalue weighted by Crippen LogP contribution is 2.24. The number of aryl methyl sites for hydroxylation is 1. The highest BCUT2D eigenvalue weighted by atomic mass is 16.5. The van der Waals surface area contributed by atoms with Crippen LogP contribution in [-0.4, -0.2) is 56.3 Å². The molecule has 1 aromatic rings. The summed E-state index contributed by atoms with van der Waals surface area (Å²) in [6.45, 7) is 8.97. The van der Waals surface area contributed by atoms with Gasteiger partial charge in [-0.1, -0.05) is 12.2 Å². The maximum atomic E-state index is 5.92. The van der Waals surface area contributed by atoms with Gasteiger partial charge in [0.25, 0.3) is 0 Å². The minimum absolute atomic E-state index is 0.148. The van der Waals surface area contributed by atoms with Crippen LogP contribution in [-0.2, 0) is 4.74 Å². The fraction of sp³-hybridized carbons (Fsp3) is 0.632. The molecule has 0 saturated carbocycles. The van der Waals surface area contributed by atoms with Gasteiger partial charge in [0, 0.05) is 25.7 Å². The molecule has 0 amide bonds. The zero-order chi connectivity index (χ0) is 17.5. The Labute approximate surface area is 150 Å². The van der Waals surface area contributed by atoms with Crippen molar-refractivity contribution in [3.8, 4) is 0 Å². The molecule has 6 heteroatoms. The highest BCUT2D eigenvalue weighted by Gasteiger charge is 2.25. The zero-order valence-corrected chi connectivity index (χ0v) is 15.3. The summed E-state index contributed by atoms with van der Waals surface area (Å²) >= 11 is 0. The zero-order valence-electron chi connectivity index (χ0n) is 15.3. The SMILES string of the molecule is CCNC(=NCC(c1ccc(C)o1)N1CCOCC1)NC1CC=CC1. The number of ether oxygens (including phenoxy) is 1. The Balaban J connectivity index is 1.70. The molecule has 3 rings (SSSR count). The smallest absolute Gasteiger partial charge is 0.191 e. The van der Waals surface area contributed by atoms with E-state index in [1.54, 1.807) is 0 Å². The van der Waals surface area contributed by atoms with Crippen molar-refractivity contribution in [1.29, 1.82) is 0 Å². The van der Waals surface area contributed by atoms with Gasteiger partial charge < -0.3 is 19.8 Å². The first-order chi connectivity index (χ1) is 12.3. The lowest BCUT2D eigenvalue weighted by Gasteiger charge is -2.32. The first-order valence-corrected chi connectivity index (χ1v) is 9.34. The molecule has 1 atom stereocenters. The molecule has 0 aromatic carbocycles. The van der Waals surface area contributed by atoms with Gasteiger partial charge in [0.15, 0.2) is 5.96 Å². The summed E-state index contributed by atoms with van der Waals surface area (Å²) in [7, 11) is 0. The third-order valence-corrected chi connectivity index (χ3v) is 4.69. The number of guanidine groups is 1. The first kappa shape index (κ1) is 18.0. The lowest BCUT2D eigenvalue weighted by molar-refractivity contribution is 0.0135. The van der Waals surface area contributed by atoms with E-state index in [1.165, 1.54) is 0 Å². The maximum Gasteiger partial charge on any atom is 0.191 e. The van der Waals surface area contributed by atoms with Crippen LogP contribution in [0, 0.1) is 6.92 Å². The van der Waals surface area contributed by atoms with Crippen molar-refractivity contribution in [3.63, 3.8) is 0 Å². The summed E-state index contributed by atoms with van der Waals surface area (Å²) in [5, 5.41) is 6.90. The van der Waals surface area contributed by atoms with E-state index >= 15 is 0 Å². The van der Waals surface area contributed by atoms with Crippen LogP contribution in [0.25, 0.3) is 0 Å². The molecule has 1 fully saturated rings. The van der Waals surface area contributed by atoms with Crippen LogP contribution < -0.4 is 10.6 Å². The summed E-state index contributed by atoms with van der Waals surface area (Å²) in [6.07, 6.45) is 6.58. The van der Waals surface area contributed by atoms with Crippen molar-refractivity contribution < 1.29 is 9.15 Å². The van der Waals surface area contributed by atoms with Gasteiger partial charge in [0.1, 0.15) is 11.5 Å². The molecule has 2 heterocycles. The van der Waals surface area contributed by atoms with Crippen LogP contribution in [0.4, 0.5) is 0 Å². The third kappa shape index (κ3) is 5.09. The first-order valence-electron chi connectivity index (χ1n) is 9.34. The van der Waals surface area contributed by atoms with E-state index < -0.39 is 0 Å². The Hall–Kier alpha value is -1.79. The second kappa shape index (κ2) is 9.06. The molecule has 2 N–H and O–H groups in total. The monoisotopic (exact) mass is 346 g/mol. The largest absolute Gasteiger partial charge is 0.465 e. The molecule has 0 radical (unpaired) electrons. The Morgan fingerprint density at radius 3 is 2.68 bits per heavy atom. The van der Waals surface area contributed by atoms with Crippen molar-refractivity contribution in [3.05, 3.63) is 35.8 Å². The average molecular weight is 346 g/mol. The highest BCUT2D eigenvalue weighted by molar-refractivity contribution is 5.80. The normalized spacial score (nSPS) is 20.8. The van der Waals surface area contributed by atoms with Crippen molar-refractivity contribution in [2.45, 2.75) is 38.8 Å². The number of nitrogens with zero attached hydrogens (tertiary/aromatic N) is 2. The summed E-state index contributed by atoms with van der Waals surface area (Å²) < 4.78 is 11.4. The van der Waals surface area contributed by atoms with E-state index in [-0.39, 0.29) is 6.04 Å². The van der Waals surface area contributed by atoms with Crippen LogP contribution >= 0.6 is 0 Å². The van der Waals surface area contributed by atoms with Gasteiger partial charge in [-0.25, -0.2) is 0 Å². The van der Waals surface area contributed by atoms with E-state index in [1.807, 2.05) is 13.0 Å². The number of nitrogens with one attached hydrogen (secondary N) is 2. The molecule has 1 saturated heterocycles. The number of hydrogen-bond acceptors (Lipinski definition) is 4. The third-order valence-electron chi connectivity index (χ3n) is 4.69. The van der Waals surface area contributed by atoms with Crippen LogP contribution in [0.15, 0.2) is 33.7 Å². The molecule has 1 aromatic heterocycles. The van der Waals surface area contributed by atoms with Gasteiger partial charge in [-0.15, -0.1) is 0 Å². The second-order valence-electron chi connectivity index (χ2n) is 6.62. The van der Waals surface area contributed by atoms with Crippen LogP contribution in [0.1, 0.15) is 37.3 Å². The van der Waals surface area contributed by atoms with Gasteiger partial charge >= 0.3 is 0 Å². The van der Waals surface area contributed by atoms with Gasteiger partial charge in [-0.2, -0.15) is 0 Å². The van der Waals surface area contributed by atoms with Crippen LogP contribution in [0.5, 0.6) is 0 Å². The van der Waals surface area contributed by atoms with Crippen LogP contribution in [0.2, 0.25) is 0 Å². The quantitative estimate of drug-likeness (QED) is 0.470. The molecule has 0 bridgehead atoms. The topological polar surface area (TPSA) is 62.0 Å². The number of furan rings is 1. The van der Waals surface area contributed by atoms with Crippen molar-refractivity contribution in [2.24, 2.45) is 4.99 Å². The Kier molecular flexibility index (Phi) is 6.53.